The highest BCUT2D eigenvalue weighted by Crippen LogP contribution is 2.16. The fourth-order valence-corrected chi connectivity index (χ4v) is 3.31. The summed E-state index contributed by atoms with van der Waals surface area (Å²) in [7, 11) is -2.94. The quantitative estimate of drug-likeness (QED) is 0.829. The van der Waals surface area contributed by atoms with E-state index in [4.69, 9.17) is 0 Å². The number of amides is 1. The van der Waals surface area contributed by atoms with Crippen molar-refractivity contribution in [3.05, 3.63) is 35.4 Å². The second-order valence-electron chi connectivity index (χ2n) is 5.22. The predicted octanol–water partition coefficient (Wildman–Crippen LogP) is 1.68. The smallest absolute Gasteiger partial charge is 0.253 e. The summed E-state index contributed by atoms with van der Waals surface area (Å²) in [6.45, 7) is 4.80. The summed E-state index contributed by atoms with van der Waals surface area (Å²) in [5.74, 6) is 0.500. The molecule has 2 rings (SSSR count). The Morgan fingerprint density at radius 3 is 2.11 bits per heavy atom. The Bertz CT molecular complexity index is 547. The van der Waals surface area contributed by atoms with Gasteiger partial charge in [0.05, 0.1) is 11.5 Å². The highest BCUT2D eigenvalue weighted by Gasteiger charge is 2.25. The van der Waals surface area contributed by atoms with Crippen LogP contribution in [0.15, 0.2) is 24.3 Å². The normalized spacial score (nSPS) is 18.6. The standard InChI is InChI=1S/C14H19NO3S/c1-11(2)12-3-5-13(6-4-12)14(16)15-7-9-19(17,18)10-8-15/h3-6,11H,7-10H2,1-2H3. The molecule has 0 spiro atoms. The molecule has 1 aliphatic heterocycles. The molecule has 0 aliphatic carbocycles. The predicted molar refractivity (Wildman–Crippen MR) is 75.1 cm³/mol. The molecular formula is C14H19NO3S. The van der Waals surface area contributed by atoms with Gasteiger partial charge in [-0.3, -0.25) is 4.79 Å². The Balaban J connectivity index is 2.08. The lowest BCUT2D eigenvalue weighted by Crippen LogP contribution is -2.43. The van der Waals surface area contributed by atoms with E-state index < -0.39 is 9.84 Å². The zero-order valence-corrected chi connectivity index (χ0v) is 12.1. The molecule has 1 aromatic rings. The Hall–Kier alpha value is -1.36. The van der Waals surface area contributed by atoms with Gasteiger partial charge in [-0.2, -0.15) is 0 Å². The Labute approximate surface area is 114 Å². The Morgan fingerprint density at radius 2 is 1.63 bits per heavy atom. The molecule has 1 saturated heterocycles. The molecule has 0 unspecified atom stereocenters. The fourth-order valence-electron chi connectivity index (χ4n) is 2.11. The van der Waals surface area contributed by atoms with Gasteiger partial charge < -0.3 is 4.90 Å². The summed E-state index contributed by atoms with van der Waals surface area (Å²) in [6, 6.07) is 7.55. The number of carbonyl (C=O) groups is 1. The van der Waals surface area contributed by atoms with Gasteiger partial charge in [-0.05, 0) is 23.6 Å². The molecular weight excluding hydrogens is 262 g/mol. The van der Waals surface area contributed by atoms with Crippen LogP contribution < -0.4 is 0 Å². The van der Waals surface area contributed by atoms with E-state index in [1.807, 2.05) is 24.3 Å². The van der Waals surface area contributed by atoms with Crippen LogP contribution in [-0.4, -0.2) is 43.8 Å². The van der Waals surface area contributed by atoms with Crippen LogP contribution in [0.3, 0.4) is 0 Å². The Morgan fingerprint density at radius 1 is 1.11 bits per heavy atom. The summed E-state index contributed by atoms with van der Waals surface area (Å²) in [6.07, 6.45) is 0. The summed E-state index contributed by atoms with van der Waals surface area (Å²) in [5, 5.41) is 0. The summed E-state index contributed by atoms with van der Waals surface area (Å²) in [4.78, 5) is 13.8. The first kappa shape index (κ1) is 14.1. The first-order chi connectivity index (χ1) is 8.89. The third kappa shape index (κ3) is 3.35. The van der Waals surface area contributed by atoms with Crippen molar-refractivity contribution in [2.75, 3.05) is 24.6 Å². The van der Waals surface area contributed by atoms with Crippen molar-refractivity contribution in [2.24, 2.45) is 0 Å². The highest BCUT2D eigenvalue weighted by atomic mass is 32.2. The molecule has 4 nitrogen and oxygen atoms in total. The van der Waals surface area contributed by atoms with E-state index in [1.165, 1.54) is 5.56 Å². The van der Waals surface area contributed by atoms with Crippen LogP contribution in [0.2, 0.25) is 0 Å². The molecule has 0 atom stereocenters. The maximum Gasteiger partial charge on any atom is 0.253 e. The van der Waals surface area contributed by atoms with Crippen molar-refractivity contribution in [2.45, 2.75) is 19.8 Å². The van der Waals surface area contributed by atoms with Crippen LogP contribution in [0.5, 0.6) is 0 Å². The maximum atomic E-state index is 12.2. The van der Waals surface area contributed by atoms with Gasteiger partial charge in [-0.25, -0.2) is 8.42 Å². The third-order valence-electron chi connectivity index (χ3n) is 3.46. The van der Waals surface area contributed by atoms with Gasteiger partial charge in [-0.15, -0.1) is 0 Å². The van der Waals surface area contributed by atoms with Gasteiger partial charge in [0, 0.05) is 18.7 Å². The Kier molecular flexibility index (Phi) is 3.94. The minimum Gasteiger partial charge on any atom is -0.337 e. The van der Waals surface area contributed by atoms with E-state index in [0.717, 1.165) is 0 Å². The summed E-state index contributed by atoms with van der Waals surface area (Å²) >= 11 is 0. The van der Waals surface area contributed by atoms with Crippen LogP contribution in [-0.2, 0) is 9.84 Å². The van der Waals surface area contributed by atoms with E-state index in [9.17, 15) is 13.2 Å². The van der Waals surface area contributed by atoms with Gasteiger partial charge in [0.25, 0.3) is 5.91 Å². The molecule has 1 aliphatic rings. The molecule has 1 heterocycles. The summed E-state index contributed by atoms with van der Waals surface area (Å²) in [5.41, 5.74) is 1.82. The molecule has 0 radical (unpaired) electrons. The van der Waals surface area contributed by atoms with Gasteiger partial charge in [0.2, 0.25) is 0 Å². The van der Waals surface area contributed by atoms with Crippen LogP contribution in [0.4, 0.5) is 0 Å². The molecule has 0 N–H and O–H groups in total. The SMILES string of the molecule is CC(C)c1ccc(C(=O)N2CCS(=O)(=O)CC2)cc1. The average Bonchev–Trinajstić information content (AvgIpc) is 2.38. The maximum absolute atomic E-state index is 12.2. The number of hydrogen-bond acceptors (Lipinski definition) is 3. The second-order valence-corrected chi connectivity index (χ2v) is 7.52. The third-order valence-corrected chi connectivity index (χ3v) is 5.07. The van der Waals surface area contributed by atoms with Crippen LogP contribution in [0.1, 0.15) is 35.7 Å². The van der Waals surface area contributed by atoms with Gasteiger partial charge in [0.15, 0.2) is 9.84 Å². The van der Waals surface area contributed by atoms with E-state index in [0.29, 0.717) is 24.6 Å². The van der Waals surface area contributed by atoms with Crippen molar-refractivity contribution < 1.29 is 13.2 Å². The molecule has 5 heteroatoms. The van der Waals surface area contributed by atoms with Crippen molar-refractivity contribution in [1.82, 2.24) is 4.90 Å². The van der Waals surface area contributed by atoms with E-state index in [1.54, 1.807) is 4.90 Å². The van der Waals surface area contributed by atoms with Crippen LogP contribution in [0, 0.1) is 0 Å². The molecule has 104 valence electrons. The van der Waals surface area contributed by atoms with Gasteiger partial charge in [0.1, 0.15) is 0 Å². The van der Waals surface area contributed by atoms with Crippen LogP contribution in [0.25, 0.3) is 0 Å². The van der Waals surface area contributed by atoms with Crippen molar-refractivity contribution in [3.8, 4) is 0 Å². The van der Waals surface area contributed by atoms with Crippen molar-refractivity contribution in [3.63, 3.8) is 0 Å². The zero-order chi connectivity index (χ0) is 14.0. The molecule has 1 aromatic carbocycles. The first-order valence-electron chi connectivity index (χ1n) is 6.49. The van der Waals surface area contributed by atoms with Crippen molar-refractivity contribution in [1.29, 1.82) is 0 Å². The number of sulfone groups is 1. The summed E-state index contributed by atoms with van der Waals surface area (Å²) < 4.78 is 22.7. The highest BCUT2D eigenvalue weighted by molar-refractivity contribution is 7.91. The molecule has 19 heavy (non-hydrogen) atoms. The number of rotatable bonds is 2. The van der Waals surface area contributed by atoms with E-state index >= 15 is 0 Å². The second kappa shape index (κ2) is 5.33. The monoisotopic (exact) mass is 281 g/mol. The van der Waals surface area contributed by atoms with Crippen molar-refractivity contribution >= 4 is 15.7 Å². The molecule has 0 aromatic heterocycles. The molecule has 1 amide bonds. The average molecular weight is 281 g/mol. The molecule has 1 fully saturated rings. The first-order valence-corrected chi connectivity index (χ1v) is 8.31. The van der Waals surface area contributed by atoms with Crippen LogP contribution >= 0.6 is 0 Å². The number of benzene rings is 1. The van der Waals surface area contributed by atoms with E-state index in [2.05, 4.69) is 13.8 Å². The minimum atomic E-state index is -2.94. The minimum absolute atomic E-state index is 0.0722. The largest absolute Gasteiger partial charge is 0.337 e. The fraction of sp³-hybridized carbons (Fsp3) is 0.500. The lowest BCUT2D eigenvalue weighted by molar-refractivity contribution is 0.0770. The van der Waals surface area contributed by atoms with Gasteiger partial charge in [-0.1, -0.05) is 26.0 Å². The van der Waals surface area contributed by atoms with E-state index in [-0.39, 0.29) is 17.4 Å². The lowest BCUT2D eigenvalue weighted by atomic mass is 10.0. The lowest BCUT2D eigenvalue weighted by Gasteiger charge is -2.26. The topological polar surface area (TPSA) is 54.5 Å². The number of carbonyl (C=O) groups excluding carboxylic acids is 1. The number of hydrogen-bond donors (Lipinski definition) is 0. The molecule has 0 saturated carbocycles. The molecule has 0 bridgehead atoms. The zero-order valence-electron chi connectivity index (χ0n) is 11.3. The van der Waals surface area contributed by atoms with Gasteiger partial charge >= 0.3 is 0 Å². The number of nitrogens with zero attached hydrogens (tertiary/aromatic N) is 1.